The molecule has 4 rings (SSSR count). The third-order valence-corrected chi connectivity index (χ3v) is 8.14. The molecule has 0 aliphatic heterocycles. The van der Waals surface area contributed by atoms with E-state index in [0.717, 1.165) is 27.8 Å². The lowest BCUT2D eigenvalue weighted by Crippen LogP contribution is -2.56. The van der Waals surface area contributed by atoms with E-state index in [1.54, 1.807) is 20.8 Å². The molecule has 1 aliphatic rings. The lowest BCUT2D eigenvalue weighted by Gasteiger charge is -2.34. The molecule has 242 valence electrons. The first-order valence-corrected chi connectivity index (χ1v) is 19.0. The fraction of sp³-hybridized carbons (Fsp3) is 0.378. The Morgan fingerprint density at radius 1 is 0.870 bits per heavy atom. The maximum atomic E-state index is 14.2. The summed E-state index contributed by atoms with van der Waals surface area (Å²) in [6.07, 6.45) is -1.31. The van der Waals surface area contributed by atoms with Crippen molar-refractivity contribution in [2.75, 3.05) is 13.2 Å². The van der Waals surface area contributed by atoms with Gasteiger partial charge in [0.1, 0.15) is 32.9 Å². The van der Waals surface area contributed by atoms with Gasteiger partial charge in [-0.15, -0.1) is 5.54 Å². The zero-order valence-electron chi connectivity index (χ0n) is 27.8. The van der Waals surface area contributed by atoms with Gasteiger partial charge < -0.3 is 19.5 Å². The molecule has 0 unspecified atom stereocenters. The summed E-state index contributed by atoms with van der Waals surface area (Å²) in [4.78, 5) is 40.8. The van der Waals surface area contributed by atoms with Gasteiger partial charge in [0.15, 0.2) is 0 Å². The van der Waals surface area contributed by atoms with Crippen LogP contribution in [-0.4, -0.2) is 62.0 Å². The van der Waals surface area contributed by atoms with Crippen molar-refractivity contribution in [3.05, 3.63) is 95.6 Å². The zero-order valence-corrected chi connectivity index (χ0v) is 28.8. The molecule has 3 aromatic carbocycles. The van der Waals surface area contributed by atoms with Crippen molar-refractivity contribution in [2.24, 2.45) is 0 Å². The first-order chi connectivity index (χ1) is 21.7. The quantitative estimate of drug-likeness (QED) is 0.116. The fourth-order valence-electron chi connectivity index (χ4n) is 5.30. The van der Waals surface area contributed by atoms with Gasteiger partial charge in [0.05, 0.1) is 12.6 Å². The van der Waals surface area contributed by atoms with Crippen LogP contribution in [0.2, 0.25) is 19.6 Å². The molecule has 3 aromatic rings. The number of nitrogens with zero attached hydrogens (tertiary/aromatic N) is 1. The van der Waals surface area contributed by atoms with E-state index in [1.807, 2.05) is 54.6 Å². The maximum absolute atomic E-state index is 14.2. The Labute approximate surface area is 273 Å². The SMILES string of the molecule is CC(=O)OC[C@H](NC(=O)OC(C)(C)C)[C@H](C#C[Si](C)(C)C)N(Cc1ccccc1)C(=O)OCC1c2ccccc2-c2ccccc21. The highest BCUT2D eigenvalue weighted by Crippen LogP contribution is 2.44. The van der Waals surface area contributed by atoms with Crippen molar-refractivity contribution < 1.29 is 28.6 Å². The van der Waals surface area contributed by atoms with Crippen LogP contribution in [0.25, 0.3) is 11.1 Å². The molecule has 1 N–H and O–H groups in total. The molecular formula is C37H44N2O6Si. The van der Waals surface area contributed by atoms with Gasteiger partial charge in [-0.25, -0.2) is 9.59 Å². The summed E-state index contributed by atoms with van der Waals surface area (Å²) in [5, 5.41) is 2.83. The highest BCUT2D eigenvalue weighted by molar-refractivity contribution is 6.83. The van der Waals surface area contributed by atoms with Crippen LogP contribution >= 0.6 is 0 Å². The smallest absolute Gasteiger partial charge is 0.411 e. The summed E-state index contributed by atoms with van der Waals surface area (Å²) in [5.41, 5.74) is 7.89. The largest absolute Gasteiger partial charge is 0.464 e. The summed E-state index contributed by atoms with van der Waals surface area (Å²) in [7, 11) is -1.97. The van der Waals surface area contributed by atoms with E-state index >= 15 is 0 Å². The van der Waals surface area contributed by atoms with Crippen molar-refractivity contribution in [3.8, 4) is 22.6 Å². The Kier molecular flexibility index (Phi) is 11.0. The van der Waals surface area contributed by atoms with Crippen LogP contribution in [0, 0.1) is 11.5 Å². The van der Waals surface area contributed by atoms with Crippen LogP contribution in [0.15, 0.2) is 78.9 Å². The Bertz CT molecular complexity index is 1550. The summed E-state index contributed by atoms with van der Waals surface area (Å²) in [6.45, 7) is 12.9. The number of benzene rings is 3. The van der Waals surface area contributed by atoms with Crippen molar-refractivity contribution in [3.63, 3.8) is 0 Å². The first kappa shape index (κ1) is 34.3. The average molecular weight is 641 g/mol. The number of amides is 2. The van der Waals surface area contributed by atoms with Gasteiger partial charge in [-0.2, -0.15) is 0 Å². The predicted octanol–water partition coefficient (Wildman–Crippen LogP) is 7.14. The van der Waals surface area contributed by atoms with Gasteiger partial charge in [-0.05, 0) is 48.6 Å². The van der Waals surface area contributed by atoms with E-state index in [2.05, 4.69) is 60.7 Å². The van der Waals surface area contributed by atoms with E-state index in [0.29, 0.717) is 0 Å². The number of nitrogens with one attached hydrogen (secondary N) is 1. The summed E-state index contributed by atoms with van der Waals surface area (Å²) >= 11 is 0. The molecule has 1 aliphatic carbocycles. The van der Waals surface area contributed by atoms with Crippen molar-refractivity contribution in [1.29, 1.82) is 0 Å². The Balaban J connectivity index is 1.72. The lowest BCUT2D eigenvalue weighted by molar-refractivity contribution is -0.142. The second-order valence-corrected chi connectivity index (χ2v) is 18.2. The molecule has 0 bridgehead atoms. The Morgan fingerprint density at radius 2 is 1.43 bits per heavy atom. The van der Waals surface area contributed by atoms with Gasteiger partial charge in [0, 0.05) is 12.8 Å². The van der Waals surface area contributed by atoms with E-state index in [-0.39, 0.29) is 25.7 Å². The monoisotopic (exact) mass is 640 g/mol. The standard InChI is InChI=1S/C37H44N2O6Si/c1-26(40)43-25-33(38-35(41)45-37(2,3)4)34(21-22-46(5,6)7)39(23-27-15-9-8-10-16-27)36(42)44-24-32-30-19-13-11-17-28(30)29-18-12-14-20-31(29)32/h8-20,32-34H,23-25H2,1-7H3,(H,38,41)/t33-,34-/m0/s1. The molecule has 0 spiro atoms. The molecule has 0 saturated heterocycles. The third kappa shape index (κ3) is 9.48. The number of hydrogen-bond donors (Lipinski definition) is 1. The molecule has 9 heteroatoms. The second kappa shape index (κ2) is 14.7. The van der Waals surface area contributed by atoms with Crippen LogP contribution in [0.4, 0.5) is 9.59 Å². The molecule has 2 amide bonds. The molecule has 0 fully saturated rings. The molecule has 8 nitrogen and oxygen atoms in total. The number of rotatable bonds is 9. The van der Waals surface area contributed by atoms with Crippen LogP contribution in [-0.2, 0) is 25.5 Å². The minimum absolute atomic E-state index is 0.112. The average Bonchev–Trinajstić information content (AvgIpc) is 3.30. The van der Waals surface area contributed by atoms with Gasteiger partial charge in [0.2, 0.25) is 0 Å². The second-order valence-electron chi connectivity index (χ2n) is 13.4. The molecule has 46 heavy (non-hydrogen) atoms. The number of ether oxygens (including phenoxy) is 3. The van der Waals surface area contributed by atoms with Crippen molar-refractivity contribution in [1.82, 2.24) is 10.2 Å². The van der Waals surface area contributed by atoms with Gasteiger partial charge in [-0.1, -0.05) is 104 Å². The molecule has 0 heterocycles. The third-order valence-electron chi connectivity index (χ3n) is 7.25. The number of hydrogen-bond acceptors (Lipinski definition) is 6. The number of esters is 1. The minimum Gasteiger partial charge on any atom is -0.464 e. The van der Waals surface area contributed by atoms with E-state index in [4.69, 9.17) is 14.2 Å². The zero-order chi connectivity index (χ0) is 33.5. The topological polar surface area (TPSA) is 94.2 Å². The molecule has 0 saturated carbocycles. The maximum Gasteiger partial charge on any atom is 0.411 e. The van der Waals surface area contributed by atoms with E-state index < -0.39 is 43.9 Å². The molecule has 0 radical (unpaired) electrons. The highest BCUT2D eigenvalue weighted by Gasteiger charge is 2.36. The van der Waals surface area contributed by atoms with Crippen molar-refractivity contribution in [2.45, 2.75) is 77.5 Å². The van der Waals surface area contributed by atoms with Crippen LogP contribution in [0.1, 0.15) is 50.3 Å². The number of fused-ring (bicyclic) bond motifs is 3. The minimum atomic E-state index is -1.97. The van der Waals surface area contributed by atoms with Crippen LogP contribution in [0.5, 0.6) is 0 Å². The van der Waals surface area contributed by atoms with Gasteiger partial charge in [0.25, 0.3) is 0 Å². The number of carbonyl (C=O) groups excluding carboxylic acids is 3. The summed E-state index contributed by atoms with van der Waals surface area (Å²) in [5.74, 6) is 2.62. The Morgan fingerprint density at radius 3 is 1.98 bits per heavy atom. The highest BCUT2D eigenvalue weighted by atomic mass is 28.3. The molecule has 2 atom stereocenters. The van der Waals surface area contributed by atoms with E-state index in [1.165, 1.54) is 11.8 Å². The lowest BCUT2D eigenvalue weighted by atomic mass is 9.98. The predicted molar refractivity (Wildman–Crippen MR) is 182 cm³/mol. The molecule has 0 aromatic heterocycles. The first-order valence-electron chi connectivity index (χ1n) is 15.5. The van der Waals surface area contributed by atoms with Crippen LogP contribution in [0.3, 0.4) is 0 Å². The van der Waals surface area contributed by atoms with Gasteiger partial charge >= 0.3 is 18.2 Å². The summed E-state index contributed by atoms with van der Waals surface area (Å²) in [6, 6.07) is 24.0. The summed E-state index contributed by atoms with van der Waals surface area (Å²) < 4.78 is 17.1. The van der Waals surface area contributed by atoms with Crippen molar-refractivity contribution >= 4 is 26.2 Å². The Hall–Kier alpha value is -4.55. The number of alkyl carbamates (subject to hydrolysis) is 1. The fourth-order valence-corrected chi connectivity index (χ4v) is 5.88. The molecular weight excluding hydrogens is 597 g/mol. The number of carbonyl (C=O) groups is 3. The van der Waals surface area contributed by atoms with Gasteiger partial charge in [-0.3, -0.25) is 9.69 Å². The van der Waals surface area contributed by atoms with Crippen LogP contribution < -0.4 is 5.32 Å². The normalized spacial score (nSPS) is 13.6. The van der Waals surface area contributed by atoms with E-state index in [9.17, 15) is 14.4 Å².